The summed E-state index contributed by atoms with van der Waals surface area (Å²) in [6, 6.07) is 19.2. The van der Waals surface area contributed by atoms with Gasteiger partial charge in [0.2, 0.25) is 0 Å². The van der Waals surface area contributed by atoms with Gasteiger partial charge in [0.05, 0.1) is 5.69 Å². The monoisotopic (exact) mass is 489 g/mol. The third kappa shape index (κ3) is 5.56. The predicted octanol–water partition coefficient (Wildman–Crippen LogP) is 4.33. The topological polar surface area (TPSA) is 105 Å². The molecule has 3 aromatic rings. The predicted molar refractivity (Wildman–Crippen MR) is 132 cm³/mol. The first kappa shape index (κ1) is 23.7. The number of ether oxygens (including phenoxy) is 1. The van der Waals surface area contributed by atoms with Crippen molar-refractivity contribution in [2.45, 2.75) is 6.92 Å². The van der Waals surface area contributed by atoms with E-state index in [0.717, 1.165) is 10.5 Å². The Morgan fingerprint density at radius 2 is 1.77 bits per heavy atom. The number of halogens is 1. The van der Waals surface area contributed by atoms with Gasteiger partial charge >= 0.3 is 6.03 Å². The zero-order chi connectivity index (χ0) is 24.9. The Morgan fingerprint density at radius 1 is 1.03 bits per heavy atom. The highest BCUT2D eigenvalue weighted by Crippen LogP contribution is 2.24. The van der Waals surface area contributed by atoms with Gasteiger partial charge in [-0.1, -0.05) is 41.9 Å². The van der Waals surface area contributed by atoms with Crippen LogP contribution in [0.1, 0.15) is 11.1 Å². The fraction of sp³-hybridized carbons (Fsp3) is 0.0769. The molecule has 0 bridgehead atoms. The second-order valence-electron chi connectivity index (χ2n) is 7.66. The quantitative estimate of drug-likeness (QED) is 0.396. The summed E-state index contributed by atoms with van der Waals surface area (Å²) in [6.45, 7) is 1.66. The highest BCUT2D eigenvalue weighted by molar-refractivity contribution is 6.39. The Balaban J connectivity index is 1.49. The second-order valence-corrected chi connectivity index (χ2v) is 8.09. The van der Waals surface area contributed by atoms with Gasteiger partial charge in [-0.15, -0.1) is 0 Å². The number of benzene rings is 3. The molecule has 4 rings (SSSR count). The lowest BCUT2D eigenvalue weighted by molar-refractivity contribution is -0.122. The van der Waals surface area contributed by atoms with E-state index in [-0.39, 0.29) is 23.8 Å². The molecule has 35 heavy (non-hydrogen) atoms. The van der Waals surface area contributed by atoms with E-state index >= 15 is 0 Å². The number of anilines is 2. The lowest BCUT2D eigenvalue weighted by Gasteiger charge is -2.26. The number of hydrogen-bond acceptors (Lipinski definition) is 5. The standard InChI is InChI=1S/C26H20ClN3O5/c1-16-5-2-3-8-22(16)28-23(31)15-35-20-7-4-6-17(13-20)14-21-24(32)29-26(34)30(25(21)33)19-11-9-18(27)10-12-19/h2-14H,15H2,1H3,(H,28,31)(H,29,32,34)/b21-14-. The molecular formula is C26H20ClN3O5. The molecule has 0 spiro atoms. The van der Waals surface area contributed by atoms with Crippen molar-refractivity contribution in [3.63, 3.8) is 0 Å². The summed E-state index contributed by atoms with van der Waals surface area (Å²) in [5, 5.41) is 5.39. The van der Waals surface area contributed by atoms with E-state index in [4.69, 9.17) is 16.3 Å². The molecule has 0 aliphatic carbocycles. The van der Waals surface area contributed by atoms with Crippen LogP contribution in [-0.4, -0.2) is 30.4 Å². The Labute approximate surface area is 206 Å². The molecule has 0 atom stereocenters. The number of para-hydroxylation sites is 1. The van der Waals surface area contributed by atoms with Gasteiger partial charge in [-0.2, -0.15) is 0 Å². The summed E-state index contributed by atoms with van der Waals surface area (Å²) >= 11 is 5.88. The average Bonchev–Trinajstić information content (AvgIpc) is 2.83. The smallest absolute Gasteiger partial charge is 0.335 e. The first-order valence-corrected chi connectivity index (χ1v) is 10.9. The van der Waals surface area contributed by atoms with Crippen LogP contribution in [-0.2, 0) is 14.4 Å². The highest BCUT2D eigenvalue weighted by Gasteiger charge is 2.36. The minimum Gasteiger partial charge on any atom is -0.484 e. The van der Waals surface area contributed by atoms with Crippen LogP contribution in [0, 0.1) is 6.92 Å². The first-order chi connectivity index (χ1) is 16.8. The first-order valence-electron chi connectivity index (χ1n) is 10.6. The van der Waals surface area contributed by atoms with Crippen molar-refractivity contribution in [3.05, 3.63) is 94.5 Å². The molecule has 1 fully saturated rings. The van der Waals surface area contributed by atoms with E-state index in [1.54, 1.807) is 30.3 Å². The molecule has 8 nitrogen and oxygen atoms in total. The summed E-state index contributed by atoms with van der Waals surface area (Å²) in [4.78, 5) is 50.8. The molecule has 176 valence electrons. The van der Waals surface area contributed by atoms with Crippen molar-refractivity contribution >= 4 is 52.8 Å². The van der Waals surface area contributed by atoms with Crippen molar-refractivity contribution < 1.29 is 23.9 Å². The minimum atomic E-state index is -0.851. The van der Waals surface area contributed by atoms with Gasteiger partial charge in [0, 0.05) is 10.7 Å². The van der Waals surface area contributed by atoms with Crippen LogP contribution in [0.2, 0.25) is 5.02 Å². The van der Waals surface area contributed by atoms with Crippen molar-refractivity contribution in [3.8, 4) is 5.75 Å². The van der Waals surface area contributed by atoms with Crippen molar-refractivity contribution in [1.82, 2.24) is 5.32 Å². The molecule has 2 N–H and O–H groups in total. The van der Waals surface area contributed by atoms with Crippen LogP contribution in [0.3, 0.4) is 0 Å². The van der Waals surface area contributed by atoms with Crippen molar-refractivity contribution in [1.29, 1.82) is 0 Å². The molecule has 1 aliphatic heterocycles. The van der Waals surface area contributed by atoms with Crippen LogP contribution in [0.25, 0.3) is 6.08 Å². The van der Waals surface area contributed by atoms with E-state index in [1.165, 1.54) is 30.3 Å². The van der Waals surface area contributed by atoms with E-state index < -0.39 is 17.8 Å². The van der Waals surface area contributed by atoms with E-state index in [9.17, 15) is 19.2 Å². The number of urea groups is 1. The number of imide groups is 2. The lowest BCUT2D eigenvalue weighted by atomic mass is 10.1. The Hall–Kier alpha value is -4.43. The summed E-state index contributed by atoms with van der Waals surface area (Å²) in [6.07, 6.45) is 1.35. The maximum atomic E-state index is 13.0. The molecule has 0 aromatic heterocycles. The third-order valence-electron chi connectivity index (χ3n) is 5.14. The van der Waals surface area contributed by atoms with E-state index in [2.05, 4.69) is 10.6 Å². The van der Waals surface area contributed by atoms with Gasteiger partial charge < -0.3 is 10.1 Å². The fourth-order valence-corrected chi connectivity index (χ4v) is 3.52. The van der Waals surface area contributed by atoms with Crippen LogP contribution >= 0.6 is 11.6 Å². The largest absolute Gasteiger partial charge is 0.484 e. The number of amides is 5. The number of hydrogen-bond donors (Lipinski definition) is 2. The number of carbonyl (C=O) groups is 4. The molecule has 0 radical (unpaired) electrons. The van der Waals surface area contributed by atoms with Crippen LogP contribution < -0.4 is 20.3 Å². The number of nitrogens with one attached hydrogen (secondary N) is 2. The normalized spacial score (nSPS) is 14.6. The minimum absolute atomic E-state index is 0.228. The Bertz CT molecular complexity index is 1350. The molecule has 9 heteroatoms. The summed E-state index contributed by atoms with van der Waals surface area (Å²) in [5.74, 6) is -1.55. The third-order valence-corrected chi connectivity index (χ3v) is 5.40. The summed E-state index contributed by atoms with van der Waals surface area (Å²) in [5.41, 5.74) is 2.14. The molecular weight excluding hydrogens is 470 g/mol. The van der Waals surface area contributed by atoms with Gasteiger partial charge in [-0.05, 0) is 66.6 Å². The number of aryl methyl sites for hydroxylation is 1. The molecule has 1 saturated heterocycles. The van der Waals surface area contributed by atoms with Crippen LogP contribution in [0.15, 0.2) is 78.4 Å². The van der Waals surface area contributed by atoms with Crippen molar-refractivity contribution in [2.24, 2.45) is 0 Å². The second kappa shape index (κ2) is 10.2. The van der Waals surface area contributed by atoms with Gasteiger partial charge in [0.25, 0.3) is 17.7 Å². The summed E-state index contributed by atoms with van der Waals surface area (Å²) in [7, 11) is 0. The molecule has 0 unspecified atom stereocenters. The number of rotatable bonds is 6. The molecule has 1 aliphatic rings. The average molecular weight is 490 g/mol. The SMILES string of the molecule is Cc1ccccc1NC(=O)COc1cccc(/C=C2/C(=O)NC(=O)N(c3ccc(Cl)cc3)C2=O)c1. The molecule has 1 heterocycles. The molecule has 0 saturated carbocycles. The van der Waals surface area contributed by atoms with Crippen molar-refractivity contribution in [2.75, 3.05) is 16.8 Å². The van der Waals surface area contributed by atoms with E-state index in [0.29, 0.717) is 22.0 Å². The van der Waals surface area contributed by atoms with Gasteiger partial charge in [-0.25, -0.2) is 9.69 Å². The van der Waals surface area contributed by atoms with E-state index in [1.807, 2.05) is 25.1 Å². The zero-order valence-corrected chi connectivity index (χ0v) is 19.3. The highest BCUT2D eigenvalue weighted by atomic mass is 35.5. The Morgan fingerprint density at radius 3 is 2.51 bits per heavy atom. The fourth-order valence-electron chi connectivity index (χ4n) is 3.39. The zero-order valence-electron chi connectivity index (χ0n) is 18.6. The Kier molecular flexibility index (Phi) is 6.93. The maximum absolute atomic E-state index is 13.0. The lowest BCUT2D eigenvalue weighted by Crippen LogP contribution is -2.54. The van der Waals surface area contributed by atoms with Gasteiger partial charge in [-0.3, -0.25) is 19.7 Å². The number of nitrogens with zero attached hydrogens (tertiary/aromatic N) is 1. The molecule has 3 aromatic carbocycles. The van der Waals surface area contributed by atoms with Crippen LogP contribution in [0.5, 0.6) is 5.75 Å². The molecule has 5 amide bonds. The van der Waals surface area contributed by atoms with Gasteiger partial charge in [0.1, 0.15) is 11.3 Å². The number of carbonyl (C=O) groups excluding carboxylic acids is 4. The number of barbiturate groups is 1. The maximum Gasteiger partial charge on any atom is 0.335 e. The van der Waals surface area contributed by atoms with Crippen LogP contribution in [0.4, 0.5) is 16.2 Å². The summed E-state index contributed by atoms with van der Waals surface area (Å²) < 4.78 is 5.58. The van der Waals surface area contributed by atoms with Gasteiger partial charge in [0.15, 0.2) is 6.61 Å².